The highest BCUT2D eigenvalue weighted by Gasteiger charge is 2.48. The van der Waals surface area contributed by atoms with Crippen LogP contribution in [0.5, 0.6) is 0 Å². The summed E-state index contributed by atoms with van der Waals surface area (Å²) in [7, 11) is 0. The van der Waals surface area contributed by atoms with Crippen LogP contribution in [0.25, 0.3) is 0 Å². The van der Waals surface area contributed by atoms with Crippen LogP contribution in [0.15, 0.2) is 12.3 Å². The summed E-state index contributed by atoms with van der Waals surface area (Å²) in [6.45, 7) is 7.16. The number of ether oxygens (including phenoxy) is 1. The number of carbonyl (C=O) groups excluding carboxylic acids is 2. The van der Waals surface area contributed by atoms with Crippen LogP contribution < -0.4 is 0 Å². The molecule has 3 nitrogen and oxygen atoms in total. The Hall–Kier alpha value is -1.12. The van der Waals surface area contributed by atoms with E-state index < -0.39 is 0 Å². The lowest BCUT2D eigenvalue weighted by Crippen LogP contribution is -2.47. The van der Waals surface area contributed by atoms with E-state index in [9.17, 15) is 9.59 Å². The molecular weight excluding hydrogens is 192 g/mol. The standard InChI is InChI=1S/C12H18O3/c1-8(13)11-7-10(12(11,3)4)5-6-15-9(2)14/h5-6,10-11H,7H2,1-4H3/b6-5+/t10-,11-/m1/s1. The SMILES string of the molecule is CC(=O)O/C=C/[C@@H]1C[C@H](C(C)=O)C1(C)C. The number of hydrogen-bond donors (Lipinski definition) is 0. The Balaban J connectivity index is 2.52. The number of Topliss-reactive ketones (excluding diaryl/α,β-unsaturated/α-hetero) is 1. The van der Waals surface area contributed by atoms with Crippen LogP contribution in [-0.4, -0.2) is 11.8 Å². The zero-order chi connectivity index (χ0) is 11.6. The van der Waals surface area contributed by atoms with E-state index in [1.807, 2.05) is 6.08 Å². The molecule has 1 saturated carbocycles. The molecule has 0 aromatic heterocycles. The molecule has 0 heterocycles. The van der Waals surface area contributed by atoms with Gasteiger partial charge in [-0.1, -0.05) is 13.8 Å². The maximum absolute atomic E-state index is 11.3. The molecule has 0 unspecified atom stereocenters. The summed E-state index contributed by atoms with van der Waals surface area (Å²) in [6.07, 6.45) is 4.17. The van der Waals surface area contributed by atoms with Crippen molar-refractivity contribution in [1.82, 2.24) is 0 Å². The Morgan fingerprint density at radius 2 is 1.93 bits per heavy atom. The average molecular weight is 210 g/mol. The maximum atomic E-state index is 11.3. The van der Waals surface area contributed by atoms with Gasteiger partial charge in [-0.25, -0.2) is 0 Å². The maximum Gasteiger partial charge on any atom is 0.307 e. The average Bonchev–Trinajstić information content (AvgIpc) is 2.08. The van der Waals surface area contributed by atoms with E-state index in [-0.39, 0.29) is 23.1 Å². The van der Waals surface area contributed by atoms with Crippen LogP contribution in [-0.2, 0) is 14.3 Å². The molecule has 2 atom stereocenters. The molecular formula is C12H18O3. The van der Waals surface area contributed by atoms with Gasteiger partial charge < -0.3 is 4.74 Å². The molecule has 0 saturated heterocycles. The molecule has 84 valence electrons. The van der Waals surface area contributed by atoms with Crippen molar-refractivity contribution in [2.24, 2.45) is 17.3 Å². The van der Waals surface area contributed by atoms with Gasteiger partial charge in [0.15, 0.2) is 0 Å². The molecule has 0 aromatic carbocycles. The predicted molar refractivity (Wildman–Crippen MR) is 57.0 cm³/mol. The topological polar surface area (TPSA) is 43.4 Å². The van der Waals surface area contributed by atoms with Crippen molar-refractivity contribution in [3.63, 3.8) is 0 Å². The van der Waals surface area contributed by atoms with Crippen molar-refractivity contribution < 1.29 is 14.3 Å². The summed E-state index contributed by atoms with van der Waals surface area (Å²) in [6, 6.07) is 0. The first-order valence-electron chi connectivity index (χ1n) is 5.20. The number of esters is 1. The van der Waals surface area contributed by atoms with E-state index in [0.29, 0.717) is 5.92 Å². The smallest absolute Gasteiger partial charge is 0.307 e. The lowest BCUT2D eigenvalue weighted by atomic mass is 9.54. The van der Waals surface area contributed by atoms with Crippen molar-refractivity contribution in [3.05, 3.63) is 12.3 Å². The third kappa shape index (κ3) is 2.46. The number of hydrogen-bond acceptors (Lipinski definition) is 3. The van der Waals surface area contributed by atoms with Gasteiger partial charge in [0.05, 0.1) is 6.26 Å². The minimum absolute atomic E-state index is 0.0114. The van der Waals surface area contributed by atoms with Gasteiger partial charge in [-0.2, -0.15) is 0 Å². The monoisotopic (exact) mass is 210 g/mol. The first kappa shape index (κ1) is 12.0. The fourth-order valence-electron chi connectivity index (χ4n) is 2.21. The Morgan fingerprint density at radius 3 is 2.33 bits per heavy atom. The van der Waals surface area contributed by atoms with Gasteiger partial charge in [0.25, 0.3) is 0 Å². The minimum atomic E-state index is -0.313. The summed E-state index contributed by atoms with van der Waals surface area (Å²) in [5.74, 6) is 0.402. The summed E-state index contributed by atoms with van der Waals surface area (Å²) in [4.78, 5) is 21.8. The number of carbonyl (C=O) groups is 2. The number of ketones is 1. The summed E-state index contributed by atoms with van der Waals surface area (Å²) in [5, 5.41) is 0. The lowest BCUT2D eigenvalue weighted by Gasteiger charge is -2.49. The molecule has 0 N–H and O–H groups in total. The van der Waals surface area contributed by atoms with Crippen LogP contribution in [0.4, 0.5) is 0 Å². The zero-order valence-electron chi connectivity index (χ0n) is 9.74. The first-order valence-corrected chi connectivity index (χ1v) is 5.20. The summed E-state index contributed by atoms with van der Waals surface area (Å²) in [5.41, 5.74) is -0.0114. The van der Waals surface area contributed by atoms with Crippen LogP contribution in [0.3, 0.4) is 0 Å². The molecule has 3 heteroatoms. The Labute approximate surface area is 90.5 Å². The molecule has 0 aliphatic heterocycles. The van der Waals surface area contributed by atoms with Gasteiger partial charge in [0.1, 0.15) is 5.78 Å². The second-order valence-corrected chi connectivity index (χ2v) is 4.76. The van der Waals surface area contributed by atoms with E-state index in [4.69, 9.17) is 4.74 Å². The fourth-order valence-corrected chi connectivity index (χ4v) is 2.21. The Bertz CT molecular complexity index is 302. The minimum Gasteiger partial charge on any atom is -0.435 e. The number of allylic oxidation sites excluding steroid dienone is 1. The highest BCUT2D eigenvalue weighted by molar-refractivity contribution is 5.80. The number of rotatable bonds is 3. The molecule has 1 aliphatic carbocycles. The third-order valence-corrected chi connectivity index (χ3v) is 3.38. The zero-order valence-corrected chi connectivity index (χ0v) is 9.74. The van der Waals surface area contributed by atoms with E-state index in [1.54, 1.807) is 6.92 Å². The van der Waals surface area contributed by atoms with E-state index >= 15 is 0 Å². The Kier molecular flexibility index (Phi) is 3.32. The summed E-state index contributed by atoms with van der Waals surface area (Å²) >= 11 is 0. The van der Waals surface area contributed by atoms with Gasteiger partial charge in [-0.05, 0) is 30.8 Å². The highest BCUT2D eigenvalue weighted by atomic mass is 16.5. The van der Waals surface area contributed by atoms with Gasteiger partial charge in [0.2, 0.25) is 0 Å². The third-order valence-electron chi connectivity index (χ3n) is 3.38. The highest BCUT2D eigenvalue weighted by Crippen LogP contribution is 2.52. The molecule has 15 heavy (non-hydrogen) atoms. The van der Waals surface area contributed by atoms with Gasteiger partial charge in [-0.3, -0.25) is 9.59 Å². The molecule has 0 bridgehead atoms. The normalized spacial score (nSPS) is 28.5. The fraction of sp³-hybridized carbons (Fsp3) is 0.667. The summed E-state index contributed by atoms with van der Waals surface area (Å²) < 4.78 is 4.73. The molecule has 1 fully saturated rings. The molecule has 0 spiro atoms. The molecule has 1 rings (SSSR count). The largest absolute Gasteiger partial charge is 0.435 e. The molecule has 0 aromatic rings. The van der Waals surface area contributed by atoms with Crippen LogP contribution in [0, 0.1) is 17.3 Å². The second kappa shape index (κ2) is 4.17. The van der Waals surface area contributed by atoms with E-state index in [1.165, 1.54) is 13.2 Å². The quantitative estimate of drug-likeness (QED) is 0.530. The second-order valence-electron chi connectivity index (χ2n) is 4.76. The van der Waals surface area contributed by atoms with Crippen molar-refractivity contribution in [1.29, 1.82) is 0 Å². The van der Waals surface area contributed by atoms with Crippen molar-refractivity contribution in [2.75, 3.05) is 0 Å². The molecule has 1 aliphatic rings. The van der Waals surface area contributed by atoms with Gasteiger partial charge in [-0.15, -0.1) is 0 Å². The van der Waals surface area contributed by atoms with E-state index in [0.717, 1.165) is 6.42 Å². The van der Waals surface area contributed by atoms with Crippen LogP contribution >= 0.6 is 0 Å². The van der Waals surface area contributed by atoms with Crippen LogP contribution in [0.2, 0.25) is 0 Å². The van der Waals surface area contributed by atoms with Crippen molar-refractivity contribution >= 4 is 11.8 Å². The predicted octanol–water partition coefficient (Wildman–Crippen LogP) is 2.31. The van der Waals surface area contributed by atoms with Crippen molar-refractivity contribution in [3.8, 4) is 0 Å². The van der Waals surface area contributed by atoms with Gasteiger partial charge in [0, 0.05) is 12.8 Å². The van der Waals surface area contributed by atoms with Crippen LogP contribution in [0.1, 0.15) is 34.1 Å². The molecule has 0 radical (unpaired) electrons. The van der Waals surface area contributed by atoms with E-state index in [2.05, 4.69) is 13.8 Å². The Morgan fingerprint density at radius 1 is 1.33 bits per heavy atom. The lowest BCUT2D eigenvalue weighted by molar-refractivity contribution is -0.136. The first-order chi connectivity index (χ1) is 6.85. The van der Waals surface area contributed by atoms with Gasteiger partial charge >= 0.3 is 5.97 Å². The van der Waals surface area contributed by atoms with Crippen molar-refractivity contribution in [2.45, 2.75) is 34.1 Å². The molecule has 0 amide bonds.